The highest BCUT2D eigenvalue weighted by molar-refractivity contribution is 9.10. The van der Waals surface area contributed by atoms with E-state index in [1.807, 2.05) is 19.9 Å². The molecule has 0 atom stereocenters. The summed E-state index contributed by atoms with van der Waals surface area (Å²) in [4.78, 5) is 11.5. The third-order valence-electron chi connectivity index (χ3n) is 3.15. The van der Waals surface area contributed by atoms with Crippen LogP contribution in [-0.2, 0) is 10.2 Å². The normalized spacial score (nSPS) is 11.4. The summed E-state index contributed by atoms with van der Waals surface area (Å²) in [6.45, 7) is 3.75. The van der Waals surface area contributed by atoms with Crippen LogP contribution in [0.25, 0.3) is 0 Å². The second-order valence-corrected chi connectivity index (χ2v) is 4.74. The van der Waals surface area contributed by atoms with Crippen molar-refractivity contribution >= 4 is 27.6 Å². The van der Waals surface area contributed by atoms with E-state index in [1.165, 1.54) is 0 Å². The maximum atomic E-state index is 11.5. The topological polar surface area (TPSA) is 63.3 Å². The van der Waals surface area contributed by atoms with E-state index in [-0.39, 0.29) is 0 Å². The molecule has 0 aliphatic rings. The molecule has 0 aliphatic heterocycles. The lowest BCUT2D eigenvalue weighted by Gasteiger charge is -2.28. The van der Waals surface area contributed by atoms with E-state index < -0.39 is 11.4 Å². The van der Waals surface area contributed by atoms with Crippen LogP contribution < -0.4 is 5.73 Å². The van der Waals surface area contributed by atoms with E-state index in [9.17, 15) is 9.90 Å². The van der Waals surface area contributed by atoms with Crippen molar-refractivity contribution in [3.8, 4) is 0 Å². The molecule has 0 heterocycles. The lowest BCUT2D eigenvalue weighted by Crippen LogP contribution is -2.35. The molecule has 0 unspecified atom stereocenters. The minimum atomic E-state index is -0.881. The molecule has 0 aromatic heterocycles. The Morgan fingerprint density at radius 3 is 2.44 bits per heavy atom. The van der Waals surface area contributed by atoms with Gasteiger partial charge in [-0.2, -0.15) is 0 Å². The second kappa shape index (κ2) is 4.87. The Labute approximate surface area is 104 Å². The Bertz CT molecular complexity index is 400. The number of carboxylic acids is 1. The van der Waals surface area contributed by atoms with Crippen LogP contribution in [0.15, 0.2) is 22.7 Å². The molecule has 88 valence electrons. The molecule has 16 heavy (non-hydrogen) atoms. The van der Waals surface area contributed by atoms with Gasteiger partial charge >= 0.3 is 5.97 Å². The molecule has 1 aromatic rings. The molecular formula is C12H16BrNO2. The molecule has 0 saturated heterocycles. The van der Waals surface area contributed by atoms with Gasteiger partial charge in [-0.15, -0.1) is 0 Å². The van der Waals surface area contributed by atoms with Crippen molar-refractivity contribution in [2.45, 2.75) is 32.1 Å². The van der Waals surface area contributed by atoms with Crippen molar-refractivity contribution in [2.75, 3.05) is 5.73 Å². The fourth-order valence-electron chi connectivity index (χ4n) is 1.99. The fourth-order valence-corrected chi connectivity index (χ4v) is 2.35. The summed E-state index contributed by atoms with van der Waals surface area (Å²) in [6, 6.07) is 5.36. The predicted molar refractivity (Wildman–Crippen MR) is 68.5 cm³/mol. The molecule has 0 fully saturated rings. The fraction of sp³-hybridized carbons (Fsp3) is 0.417. The summed E-state index contributed by atoms with van der Waals surface area (Å²) >= 11 is 3.35. The first-order chi connectivity index (χ1) is 7.47. The third-order valence-corrected chi connectivity index (χ3v) is 3.64. The summed E-state index contributed by atoms with van der Waals surface area (Å²) in [6.07, 6.45) is 1.05. The van der Waals surface area contributed by atoms with Crippen molar-refractivity contribution in [3.05, 3.63) is 28.2 Å². The summed E-state index contributed by atoms with van der Waals surface area (Å²) < 4.78 is 0.851. The number of hydrogen-bond acceptors (Lipinski definition) is 2. The number of rotatable bonds is 4. The molecule has 1 rings (SSSR count). The summed E-state index contributed by atoms with van der Waals surface area (Å²) in [5, 5.41) is 9.42. The van der Waals surface area contributed by atoms with Gasteiger partial charge in [0, 0.05) is 10.2 Å². The van der Waals surface area contributed by atoms with Crippen molar-refractivity contribution in [1.82, 2.24) is 0 Å². The largest absolute Gasteiger partial charge is 0.481 e. The molecule has 0 spiro atoms. The van der Waals surface area contributed by atoms with E-state index in [0.717, 1.165) is 4.47 Å². The van der Waals surface area contributed by atoms with Gasteiger partial charge in [0.2, 0.25) is 0 Å². The number of nitrogens with two attached hydrogens (primary N) is 1. The van der Waals surface area contributed by atoms with Crippen LogP contribution in [0.2, 0.25) is 0 Å². The number of aliphatic carboxylic acids is 1. The number of carboxylic acid groups (broad SMARTS) is 1. The first-order valence-corrected chi connectivity index (χ1v) is 6.06. The van der Waals surface area contributed by atoms with Gasteiger partial charge in [0.05, 0.1) is 5.41 Å². The highest BCUT2D eigenvalue weighted by Gasteiger charge is 2.38. The van der Waals surface area contributed by atoms with Crippen LogP contribution in [0.4, 0.5) is 5.69 Å². The Balaban J connectivity index is 3.42. The third kappa shape index (κ3) is 2.07. The van der Waals surface area contributed by atoms with E-state index in [1.54, 1.807) is 12.1 Å². The summed E-state index contributed by atoms with van der Waals surface area (Å²) in [7, 11) is 0. The first-order valence-electron chi connectivity index (χ1n) is 5.26. The Morgan fingerprint density at radius 1 is 1.44 bits per heavy atom. The van der Waals surface area contributed by atoms with Crippen molar-refractivity contribution in [2.24, 2.45) is 0 Å². The lowest BCUT2D eigenvalue weighted by molar-refractivity contribution is -0.144. The minimum absolute atomic E-state index is 0.527. The molecule has 0 radical (unpaired) electrons. The van der Waals surface area contributed by atoms with E-state index in [4.69, 9.17) is 5.73 Å². The highest BCUT2D eigenvalue weighted by Crippen LogP contribution is 2.37. The molecule has 0 bridgehead atoms. The van der Waals surface area contributed by atoms with Crippen molar-refractivity contribution < 1.29 is 9.90 Å². The SMILES string of the molecule is CCC(CC)(C(=O)O)c1cc(Br)ccc1N. The molecule has 0 saturated carbocycles. The zero-order chi connectivity index (χ0) is 12.3. The van der Waals surface area contributed by atoms with Gasteiger partial charge in [0.25, 0.3) is 0 Å². The van der Waals surface area contributed by atoms with Crippen LogP contribution in [0.1, 0.15) is 32.3 Å². The molecule has 0 amide bonds. The Hall–Kier alpha value is -1.03. The summed E-state index contributed by atoms with van der Waals surface area (Å²) in [5.74, 6) is -0.817. The van der Waals surface area contributed by atoms with Crippen LogP contribution in [0.5, 0.6) is 0 Å². The number of nitrogen functional groups attached to an aromatic ring is 1. The van der Waals surface area contributed by atoms with Gasteiger partial charge in [0.15, 0.2) is 0 Å². The monoisotopic (exact) mass is 285 g/mol. The van der Waals surface area contributed by atoms with Gasteiger partial charge in [-0.3, -0.25) is 4.79 Å². The number of anilines is 1. The van der Waals surface area contributed by atoms with E-state index in [2.05, 4.69) is 15.9 Å². The second-order valence-electron chi connectivity index (χ2n) is 3.83. The number of benzene rings is 1. The highest BCUT2D eigenvalue weighted by atomic mass is 79.9. The smallest absolute Gasteiger partial charge is 0.314 e. The van der Waals surface area contributed by atoms with Gasteiger partial charge in [-0.1, -0.05) is 29.8 Å². The van der Waals surface area contributed by atoms with Crippen LogP contribution in [0, 0.1) is 0 Å². The first kappa shape index (κ1) is 13.0. The number of hydrogen-bond donors (Lipinski definition) is 2. The molecule has 3 nitrogen and oxygen atoms in total. The lowest BCUT2D eigenvalue weighted by atomic mass is 9.75. The van der Waals surface area contributed by atoms with E-state index >= 15 is 0 Å². The van der Waals surface area contributed by atoms with Crippen molar-refractivity contribution in [1.29, 1.82) is 0 Å². The van der Waals surface area contributed by atoms with Gasteiger partial charge < -0.3 is 10.8 Å². The van der Waals surface area contributed by atoms with Crippen molar-refractivity contribution in [3.63, 3.8) is 0 Å². The molecular weight excluding hydrogens is 270 g/mol. The number of carbonyl (C=O) groups is 1. The Kier molecular flexibility index (Phi) is 3.97. The minimum Gasteiger partial charge on any atom is -0.481 e. The zero-order valence-corrected chi connectivity index (χ0v) is 11.0. The van der Waals surface area contributed by atoms with Crippen LogP contribution >= 0.6 is 15.9 Å². The Morgan fingerprint density at radius 2 is 2.00 bits per heavy atom. The van der Waals surface area contributed by atoms with Crippen LogP contribution in [0.3, 0.4) is 0 Å². The molecule has 0 aliphatic carbocycles. The average molecular weight is 286 g/mol. The average Bonchev–Trinajstić information content (AvgIpc) is 2.25. The predicted octanol–water partition coefficient (Wildman–Crippen LogP) is 3.17. The zero-order valence-electron chi connectivity index (χ0n) is 9.46. The maximum Gasteiger partial charge on any atom is 0.314 e. The quantitative estimate of drug-likeness (QED) is 0.836. The van der Waals surface area contributed by atoms with Gasteiger partial charge in [-0.05, 0) is 36.6 Å². The maximum absolute atomic E-state index is 11.5. The standard InChI is InChI=1S/C12H16BrNO2/c1-3-12(4-2,11(15)16)9-7-8(13)5-6-10(9)14/h5-7H,3-4,14H2,1-2H3,(H,15,16). The molecule has 3 N–H and O–H groups in total. The molecule has 1 aromatic carbocycles. The number of halogens is 1. The van der Waals surface area contributed by atoms with Gasteiger partial charge in [-0.25, -0.2) is 0 Å². The van der Waals surface area contributed by atoms with Gasteiger partial charge in [0.1, 0.15) is 0 Å². The van der Waals surface area contributed by atoms with Crippen LogP contribution in [-0.4, -0.2) is 11.1 Å². The summed E-state index contributed by atoms with van der Waals surface area (Å²) in [5.41, 5.74) is 6.23. The van der Waals surface area contributed by atoms with E-state index in [0.29, 0.717) is 24.1 Å². The molecule has 4 heteroatoms.